The van der Waals surface area contributed by atoms with E-state index in [1.54, 1.807) is 6.07 Å². The van der Waals surface area contributed by atoms with Crippen LogP contribution in [0.3, 0.4) is 0 Å². The smallest absolute Gasteiger partial charge is 0.274 e. The topological polar surface area (TPSA) is 117 Å². The van der Waals surface area contributed by atoms with Crippen molar-refractivity contribution in [1.29, 1.82) is 5.26 Å². The maximum Gasteiger partial charge on any atom is 0.274 e. The van der Waals surface area contributed by atoms with Gasteiger partial charge in [-0.25, -0.2) is 9.97 Å². The normalized spacial score (nSPS) is 19.1. The fourth-order valence-electron chi connectivity index (χ4n) is 2.71. The number of anilines is 1. The number of aromatic nitrogens is 2. The average molecular weight is 399 g/mol. The Bertz CT molecular complexity index is 998. The number of rotatable bonds is 3. The van der Waals surface area contributed by atoms with Gasteiger partial charge in [0, 0.05) is 18.2 Å². The van der Waals surface area contributed by atoms with Crippen molar-refractivity contribution in [3.63, 3.8) is 0 Å². The SMILES string of the molecule is C=C1C[C@@](C)(c2cc(NC(=O)c3ccc(C#N)cn3)cnc2Cl)N=C(N)S1. The third kappa shape index (κ3) is 4.10. The first kappa shape index (κ1) is 18.9. The Morgan fingerprint density at radius 2 is 2.22 bits per heavy atom. The predicted molar refractivity (Wildman–Crippen MR) is 106 cm³/mol. The van der Waals surface area contributed by atoms with Crippen LogP contribution in [0.4, 0.5) is 5.69 Å². The van der Waals surface area contributed by atoms with Crippen LogP contribution in [0.25, 0.3) is 0 Å². The number of hydrogen-bond acceptors (Lipinski definition) is 7. The molecule has 2 aromatic heterocycles. The predicted octanol–water partition coefficient (Wildman–Crippen LogP) is 3.43. The van der Waals surface area contributed by atoms with Gasteiger partial charge >= 0.3 is 0 Å². The second-order valence-electron chi connectivity index (χ2n) is 6.10. The monoisotopic (exact) mass is 398 g/mol. The molecule has 0 fully saturated rings. The van der Waals surface area contributed by atoms with E-state index >= 15 is 0 Å². The summed E-state index contributed by atoms with van der Waals surface area (Å²) in [7, 11) is 0. The maximum absolute atomic E-state index is 12.4. The molecule has 0 saturated carbocycles. The summed E-state index contributed by atoms with van der Waals surface area (Å²) in [4.78, 5) is 25.9. The van der Waals surface area contributed by atoms with Crippen LogP contribution in [0, 0.1) is 11.3 Å². The van der Waals surface area contributed by atoms with Gasteiger partial charge in [-0.05, 0) is 30.0 Å². The van der Waals surface area contributed by atoms with E-state index in [0.717, 1.165) is 4.91 Å². The lowest BCUT2D eigenvalue weighted by atomic mass is 9.90. The van der Waals surface area contributed by atoms with E-state index < -0.39 is 11.4 Å². The third-order valence-electron chi connectivity index (χ3n) is 3.95. The van der Waals surface area contributed by atoms with E-state index in [4.69, 9.17) is 22.6 Å². The van der Waals surface area contributed by atoms with Crippen LogP contribution in [-0.4, -0.2) is 21.0 Å². The van der Waals surface area contributed by atoms with Gasteiger partial charge < -0.3 is 11.1 Å². The van der Waals surface area contributed by atoms with Crippen LogP contribution in [0.2, 0.25) is 5.15 Å². The first-order chi connectivity index (χ1) is 12.8. The van der Waals surface area contributed by atoms with Gasteiger partial charge in [-0.15, -0.1) is 0 Å². The van der Waals surface area contributed by atoms with Gasteiger partial charge in [0.2, 0.25) is 0 Å². The third-order valence-corrected chi connectivity index (χ3v) is 4.98. The number of thioether (sulfide) groups is 1. The standard InChI is InChI=1S/C18H15ClN6OS/c1-10-6-18(2,25-17(21)27-10)13-5-12(9-23-15(13)19)24-16(26)14-4-3-11(7-20)8-22-14/h3-5,8-9H,1,6H2,2H3,(H2,21,25)(H,24,26)/t18-/m0/s1. The molecule has 1 aliphatic rings. The summed E-state index contributed by atoms with van der Waals surface area (Å²) < 4.78 is 0. The van der Waals surface area contributed by atoms with Gasteiger partial charge in [-0.1, -0.05) is 29.9 Å². The summed E-state index contributed by atoms with van der Waals surface area (Å²) in [6.07, 6.45) is 3.34. The minimum atomic E-state index is -0.718. The molecular weight excluding hydrogens is 384 g/mol. The van der Waals surface area contributed by atoms with E-state index in [-0.39, 0.29) is 10.8 Å². The van der Waals surface area contributed by atoms with Crippen molar-refractivity contribution in [2.45, 2.75) is 18.9 Å². The zero-order valence-electron chi connectivity index (χ0n) is 14.4. The van der Waals surface area contributed by atoms with Gasteiger partial charge in [0.15, 0.2) is 5.17 Å². The molecule has 0 saturated heterocycles. The first-order valence-corrected chi connectivity index (χ1v) is 9.04. The van der Waals surface area contributed by atoms with E-state index in [2.05, 4.69) is 26.9 Å². The minimum absolute atomic E-state index is 0.182. The molecule has 2 aromatic rings. The molecule has 3 rings (SSSR count). The van der Waals surface area contributed by atoms with Gasteiger partial charge in [0.25, 0.3) is 5.91 Å². The Morgan fingerprint density at radius 1 is 1.44 bits per heavy atom. The van der Waals surface area contributed by atoms with Crippen LogP contribution in [0.15, 0.2) is 47.1 Å². The number of aliphatic imine (C=N–C) groups is 1. The number of hydrogen-bond donors (Lipinski definition) is 2. The number of amidine groups is 1. The van der Waals surface area contributed by atoms with E-state index in [1.807, 2.05) is 13.0 Å². The molecule has 9 heteroatoms. The number of carbonyl (C=O) groups is 1. The molecule has 0 radical (unpaired) electrons. The van der Waals surface area contributed by atoms with Crippen LogP contribution in [0.1, 0.15) is 35.0 Å². The molecule has 0 spiro atoms. The van der Waals surface area contributed by atoms with Crippen molar-refractivity contribution in [2.75, 3.05) is 5.32 Å². The number of halogens is 1. The fraction of sp³-hybridized carbons (Fsp3) is 0.167. The minimum Gasteiger partial charge on any atom is -0.378 e. The van der Waals surface area contributed by atoms with Gasteiger partial charge in [-0.3, -0.25) is 9.79 Å². The van der Waals surface area contributed by atoms with Crippen molar-refractivity contribution in [3.8, 4) is 6.07 Å². The molecule has 1 atom stereocenters. The highest BCUT2D eigenvalue weighted by Gasteiger charge is 2.34. The summed E-state index contributed by atoms with van der Waals surface area (Å²) in [6, 6.07) is 6.68. The van der Waals surface area contributed by atoms with Gasteiger partial charge in [-0.2, -0.15) is 5.26 Å². The summed E-state index contributed by atoms with van der Waals surface area (Å²) >= 11 is 7.62. The Hall–Kier alpha value is -2.89. The quantitative estimate of drug-likeness (QED) is 0.765. The molecule has 0 aliphatic carbocycles. The highest BCUT2D eigenvalue weighted by Crippen LogP contribution is 2.42. The molecule has 3 heterocycles. The Morgan fingerprint density at radius 3 is 2.85 bits per heavy atom. The van der Waals surface area contributed by atoms with E-state index in [9.17, 15) is 4.79 Å². The summed E-state index contributed by atoms with van der Waals surface area (Å²) in [5.74, 6) is -0.425. The molecule has 27 heavy (non-hydrogen) atoms. The van der Waals surface area contributed by atoms with Crippen LogP contribution in [0.5, 0.6) is 0 Å². The van der Waals surface area contributed by atoms with Crippen molar-refractivity contribution in [1.82, 2.24) is 9.97 Å². The molecule has 3 N–H and O–H groups in total. The van der Waals surface area contributed by atoms with Crippen molar-refractivity contribution in [3.05, 3.63) is 64.1 Å². The van der Waals surface area contributed by atoms with Crippen molar-refractivity contribution in [2.24, 2.45) is 10.7 Å². The second kappa shape index (κ2) is 7.39. The molecule has 7 nitrogen and oxygen atoms in total. The molecule has 1 amide bonds. The second-order valence-corrected chi connectivity index (χ2v) is 7.66. The maximum atomic E-state index is 12.4. The molecule has 0 unspecified atom stereocenters. The summed E-state index contributed by atoms with van der Waals surface area (Å²) in [5.41, 5.74) is 6.82. The van der Waals surface area contributed by atoms with Gasteiger partial charge in [0.1, 0.15) is 16.9 Å². The van der Waals surface area contributed by atoms with Gasteiger partial charge in [0.05, 0.1) is 23.0 Å². The number of amides is 1. The van der Waals surface area contributed by atoms with Crippen LogP contribution >= 0.6 is 23.4 Å². The number of pyridine rings is 2. The number of nitrogens with zero attached hydrogens (tertiary/aromatic N) is 4. The number of nitrogens with two attached hydrogens (primary N) is 1. The van der Waals surface area contributed by atoms with Crippen LogP contribution in [-0.2, 0) is 5.54 Å². The molecule has 0 aromatic carbocycles. The Labute approximate surface area is 165 Å². The zero-order chi connectivity index (χ0) is 19.6. The molecule has 0 bridgehead atoms. The van der Waals surface area contributed by atoms with Crippen molar-refractivity contribution < 1.29 is 4.79 Å². The number of nitrogens with one attached hydrogen (secondary N) is 1. The zero-order valence-corrected chi connectivity index (χ0v) is 15.9. The number of nitriles is 1. The fourth-order valence-corrected chi connectivity index (χ4v) is 3.92. The van der Waals surface area contributed by atoms with Crippen molar-refractivity contribution >= 4 is 40.1 Å². The molecular formula is C18H15ClN6OS. The first-order valence-electron chi connectivity index (χ1n) is 7.85. The number of carbonyl (C=O) groups excluding carboxylic acids is 1. The lowest BCUT2D eigenvalue weighted by Gasteiger charge is -2.31. The lowest BCUT2D eigenvalue weighted by Crippen LogP contribution is -2.28. The molecule has 1 aliphatic heterocycles. The van der Waals surface area contributed by atoms with Crippen LogP contribution < -0.4 is 11.1 Å². The highest BCUT2D eigenvalue weighted by atomic mass is 35.5. The summed E-state index contributed by atoms with van der Waals surface area (Å²) in [5, 5.41) is 12.2. The highest BCUT2D eigenvalue weighted by molar-refractivity contribution is 8.17. The van der Waals surface area contributed by atoms with E-state index in [0.29, 0.717) is 28.4 Å². The lowest BCUT2D eigenvalue weighted by molar-refractivity contribution is 0.102. The summed E-state index contributed by atoms with van der Waals surface area (Å²) in [6.45, 7) is 5.87. The average Bonchev–Trinajstić information content (AvgIpc) is 2.62. The Balaban J connectivity index is 1.89. The van der Waals surface area contributed by atoms with E-state index in [1.165, 1.54) is 36.3 Å². The molecule has 136 valence electrons. The Kier molecular flexibility index (Phi) is 5.17. The largest absolute Gasteiger partial charge is 0.378 e.